The van der Waals surface area contributed by atoms with Gasteiger partial charge in [0.15, 0.2) is 0 Å². The molecule has 1 aromatic rings. The van der Waals surface area contributed by atoms with Crippen LogP contribution in [-0.4, -0.2) is 42.0 Å². The van der Waals surface area contributed by atoms with Crippen LogP contribution in [0.4, 0.5) is 0 Å². The first-order valence-electron chi connectivity index (χ1n) is 5.68. The van der Waals surface area contributed by atoms with E-state index in [9.17, 15) is 14.4 Å². The van der Waals surface area contributed by atoms with Gasteiger partial charge in [0, 0.05) is 0 Å². The molecule has 0 fully saturated rings. The monoisotopic (exact) mass is 299 g/mol. The highest BCUT2D eigenvalue weighted by atomic mass is 35.5. The third kappa shape index (κ3) is 4.87. The van der Waals surface area contributed by atoms with Crippen LogP contribution in [0.1, 0.15) is 10.4 Å². The topological polar surface area (TPSA) is 122 Å². The highest BCUT2D eigenvalue weighted by Crippen LogP contribution is 2.14. The molecule has 108 valence electrons. The average molecular weight is 300 g/mol. The number of nitrogens with two attached hydrogens (primary N) is 1. The van der Waals surface area contributed by atoms with Crippen LogP contribution in [0, 0.1) is 0 Å². The van der Waals surface area contributed by atoms with Crippen molar-refractivity contribution in [2.24, 2.45) is 5.73 Å². The van der Waals surface area contributed by atoms with Gasteiger partial charge in [0.2, 0.25) is 11.8 Å². The Morgan fingerprint density at radius 1 is 1.25 bits per heavy atom. The zero-order valence-electron chi connectivity index (χ0n) is 10.4. The first-order chi connectivity index (χ1) is 9.41. The molecule has 5 N–H and O–H groups in total. The number of aliphatic hydroxyl groups excluding tert-OH is 1. The Bertz CT molecular complexity index is 521. The molecule has 1 unspecified atom stereocenters. The van der Waals surface area contributed by atoms with E-state index in [1.165, 1.54) is 6.07 Å². The van der Waals surface area contributed by atoms with Gasteiger partial charge in [-0.3, -0.25) is 14.4 Å². The molecule has 0 bridgehead atoms. The van der Waals surface area contributed by atoms with Crippen LogP contribution < -0.4 is 16.4 Å². The van der Waals surface area contributed by atoms with Gasteiger partial charge in [0.1, 0.15) is 6.10 Å². The number of hydrogen-bond acceptors (Lipinski definition) is 4. The van der Waals surface area contributed by atoms with E-state index in [1.807, 2.05) is 0 Å². The Balaban J connectivity index is 2.40. The van der Waals surface area contributed by atoms with Crippen LogP contribution in [0.2, 0.25) is 5.02 Å². The summed E-state index contributed by atoms with van der Waals surface area (Å²) in [6, 6.07) is 6.40. The lowest BCUT2D eigenvalue weighted by molar-refractivity contribution is -0.126. The summed E-state index contributed by atoms with van der Waals surface area (Å²) in [5.74, 6) is -2.00. The van der Waals surface area contributed by atoms with Crippen molar-refractivity contribution in [3.05, 3.63) is 34.9 Å². The summed E-state index contributed by atoms with van der Waals surface area (Å²) < 4.78 is 0. The van der Waals surface area contributed by atoms with Crippen molar-refractivity contribution >= 4 is 29.3 Å². The number of benzene rings is 1. The Labute approximate surface area is 120 Å². The highest BCUT2D eigenvalue weighted by Gasteiger charge is 2.14. The van der Waals surface area contributed by atoms with Gasteiger partial charge in [0.25, 0.3) is 5.91 Å². The van der Waals surface area contributed by atoms with Gasteiger partial charge >= 0.3 is 0 Å². The molecule has 7 nitrogen and oxygen atoms in total. The Kier molecular flexibility index (Phi) is 5.95. The molecule has 0 aliphatic carbocycles. The first-order valence-corrected chi connectivity index (χ1v) is 6.06. The number of nitrogens with one attached hydrogen (secondary N) is 2. The molecule has 0 aliphatic rings. The number of primary amides is 1. The molecule has 0 aliphatic heterocycles. The van der Waals surface area contributed by atoms with E-state index in [1.54, 1.807) is 18.2 Å². The molecule has 0 saturated heterocycles. The number of halogens is 1. The van der Waals surface area contributed by atoms with Crippen LogP contribution in [-0.2, 0) is 9.59 Å². The summed E-state index contributed by atoms with van der Waals surface area (Å²) in [6.07, 6.45) is -1.46. The summed E-state index contributed by atoms with van der Waals surface area (Å²) in [5.41, 5.74) is 5.06. The SMILES string of the molecule is NC(=O)C(O)CNC(=O)CNC(=O)c1ccccc1Cl. The minimum atomic E-state index is -1.46. The van der Waals surface area contributed by atoms with Gasteiger partial charge in [-0.1, -0.05) is 23.7 Å². The maximum absolute atomic E-state index is 11.7. The van der Waals surface area contributed by atoms with Crippen LogP contribution in [0.3, 0.4) is 0 Å². The summed E-state index contributed by atoms with van der Waals surface area (Å²) in [7, 11) is 0. The van der Waals surface area contributed by atoms with Crippen molar-refractivity contribution in [2.75, 3.05) is 13.1 Å². The fourth-order valence-corrected chi connectivity index (χ4v) is 1.50. The summed E-state index contributed by atoms with van der Waals surface area (Å²) in [4.78, 5) is 33.6. The van der Waals surface area contributed by atoms with E-state index >= 15 is 0 Å². The fraction of sp³-hybridized carbons (Fsp3) is 0.250. The number of carbonyl (C=O) groups is 3. The molecule has 3 amide bonds. The largest absolute Gasteiger partial charge is 0.381 e. The predicted molar refractivity (Wildman–Crippen MR) is 72.0 cm³/mol. The molecular formula is C12H14ClN3O4. The van der Waals surface area contributed by atoms with E-state index in [2.05, 4.69) is 10.6 Å². The molecule has 8 heteroatoms. The number of rotatable bonds is 6. The van der Waals surface area contributed by atoms with Gasteiger partial charge in [-0.05, 0) is 12.1 Å². The summed E-state index contributed by atoms with van der Waals surface area (Å²) in [6.45, 7) is -0.619. The van der Waals surface area contributed by atoms with Gasteiger partial charge in [-0.2, -0.15) is 0 Å². The van der Waals surface area contributed by atoms with E-state index in [0.29, 0.717) is 0 Å². The fourth-order valence-electron chi connectivity index (χ4n) is 1.27. The molecule has 1 rings (SSSR count). The van der Waals surface area contributed by atoms with Crippen LogP contribution in [0.15, 0.2) is 24.3 Å². The van der Waals surface area contributed by atoms with Crippen molar-refractivity contribution in [3.63, 3.8) is 0 Å². The van der Waals surface area contributed by atoms with Gasteiger partial charge in [-0.25, -0.2) is 0 Å². The normalized spacial score (nSPS) is 11.5. The number of aliphatic hydroxyl groups is 1. The van der Waals surface area contributed by atoms with Gasteiger partial charge in [0.05, 0.1) is 23.7 Å². The molecule has 0 heterocycles. The maximum Gasteiger partial charge on any atom is 0.253 e. The predicted octanol–water partition coefficient (Wildman–Crippen LogP) is -0.968. The summed E-state index contributed by atoms with van der Waals surface area (Å²) in [5, 5.41) is 14.0. The third-order valence-corrected chi connectivity index (χ3v) is 2.68. The van der Waals surface area contributed by atoms with Crippen LogP contribution in [0.5, 0.6) is 0 Å². The number of hydrogen-bond donors (Lipinski definition) is 4. The minimum absolute atomic E-state index is 0.249. The second kappa shape index (κ2) is 7.46. The summed E-state index contributed by atoms with van der Waals surface area (Å²) >= 11 is 5.83. The quantitative estimate of drug-likeness (QED) is 0.540. The van der Waals surface area contributed by atoms with Crippen molar-refractivity contribution in [1.29, 1.82) is 0 Å². The van der Waals surface area contributed by atoms with E-state index in [0.717, 1.165) is 0 Å². The highest BCUT2D eigenvalue weighted by molar-refractivity contribution is 6.33. The van der Waals surface area contributed by atoms with Crippen molar-refractivity contribution in [3.8, 4) is 0 Å². The van der Waals surface area contributed by atoms with Crippen molar-refractivity contribution < 1.29 is 19.5 Å². The molecule has 0 spiro atoms. The average Bonchev–Trinajstić information content (AvgIpc) is 2.42. The standard InChI is InChI=1S/C12H14ClN3O4/c13-8-4-2-1-3-7(8)12(20)16-6-10(18)15-5-9(17)11(14)19/h1-4,9,17H,5-6H2,(H2,14,19)(H,15,18)(H,16,20). The molecule has 1 atom stereocenters. The maximum atomic E-state index is 11.7. The van der Waals surface area contributed by atoms with Gasteiger partial charge in [-0.15, -0.1) is 0 Å². The number of carbonyl (C=O) groups excluding carboxylic acids is 3. The lowest BCUT2D eigenvalue weighted by Crippen LogP contribution is -2.43. The van der Waals surface area contributed by atoms with E-state index in [4.69, 9.17) is 22.4 Å². The molecular weight excluding hydrogens is 286 g/mol. The molecule has 0 saturated carbocycles. The van der Waals surface area contributed by atoms with Crippen LogP contribution in [0.25, 0.3) is 0 Å². The Morgan fingerprint density at radius 2 is 1.90 bits per heavy atom. The number of amides is 3. The molecule has 0 radical (unpaired) electrons. The Hall–Kier alpha value is -2.12. The Morgan fingerprint density at radius 3 is 2.50 bits per heavy atom. The zero-order chi connectivity index (χ0) is 15.1. The van der Waals surface area contributed by atoms with E-state index < -0.39 is 23.8 Å². The lowest BCUT2D eigenvalue weighted by atomic mass is 10.2. The van der Waals surface area contributed by atoms with Crippen molar-refractivity contribution in [2.45, 2.75) is 6.10 Å². The molecule has 20 heavy (non-hydrogen) atoms. The second-order valence-corrected chi connectivity index (χ2v) is 4.29. The lowest BCUT2D eigenvalue weighted by Gasteiger charge is -2.09. The smallest absolute Gasteiger partial charge is 0.253 e. The molecule has 0 aromatic heterocycles. The first kappa shape index (κ1) is 15.9. The minimum Gasteiger partial charge on any atom is -0.381 e. The third-order valence-electron chi connectivity index (χ3n) is 2.35. The van der Waals surface area contributed by atoms with Crippen LogP contribution >= 0.6 is 11.6 Å². The zero-order valence-corrected chi connectivity index (χ0v) is 11.2. The van der Waals surface area contributed by atoms with Crippen molar-refractivity contribution in [1.82, 2.24) is 10.6 Å². The van der Waals surface area contributed by atoms with Gasteiger partial charge < -0.3 is 21.5 Å². The molecule has 1 aromatic carbocycles. The second-order valence-electron chi connectivity index (χ2n) is 3.88. The van der Waals surface area contributed by atoms with E-state index in [-0.39, 0.29) is 23.7 Å².